The fraction of sp³-hybridized carbons (Fsp3) is 0.600. The average Bonchev–Trinajstić information content (AvgIpc) is 2.86. The summed E-state index contributed by atoms with van der Waals surface area (Å²) in [4.78, 5) is 5.20. The van der Waals surface area contributed by atoms with Crippen LogP contribution in [-0.4, -0.2) is 44.5 Å². The molecule has 0 bridgehead atoms. The summed E-state index contributed by atoms with van der Waals surface area (Å²) in [7, 11) is -1.44. The first kappa shape index (κ1) is 12.6. The number of aromatic amines is 1. The highest BCUT2D eigenvalue weighted by Crippen LogP contribution is 2.14. The van der Waals surface area contributed by atoms with Crippen molar-refractivity contribution in [3.05, 3.63) is 18.0 Å². The summed E-state index contributed by atoms with van der Waals surface area (Å²) in [6.07, 6.45) is 2.33. The van der Waals surface area contributed by atoms with Crippen molar-refractivity contribution in [2.75, 3.05) is 20.1 Å². The van der Waals surface area contributed by atoms with Gasteiger partial charge in [0.25, 0.3) is 0 Å². The molecule has 1 saturated heterocycles. The number of nitrogens with two attached hydrogens (primary N) is 1. The van der Waals surface area contributed by atoms with Crippen molar-refractivity contribution < 1.29 is 8.42 Å². The number of likely N-dealkylation sites (N-methyl/N-ethyl adjacent to an activating group) is 1. The Morgan fingerprint density at radius 1 is 1.65 bits per heavy atom. The van der Waals surface area contributed by atoms with E-state index < -0.39 is 10.0 Å². The van der Waals surface area contributed by atoms with Gasteiger partial charge in [0.2, 0.25) is 10.0 Å². The Kier molecular flexibility index (Phi) is 3.53. The maximum absolute atomic E-state index is 12.0. The van der Waals surface area contributed by atoms with Crippen molar-refractivity contribution >= 4 is 10.0 Å². The molecular weight excluding hydrogens is 240 g/mol. The second-order valence-corrected chi connectivity index (χ2v) is 6.15. The summed E-state index contributed by atoms with van der Waals surface area (Å²) >= 11 is 0. The summed E-state index contributed by atoms with van der Waals surface area (Å²) in [5, 5.41) is 0. The lowest BCUT2D eigenvalue weighted by molar-refractivity contribution is 0.407. The molecule has 7 heteroatoms. The topological polar surface area (TPSA) is 91.2 Å². The van der Waals surface area contributed by atoms with Crippen molar-refractivity contribution in [3.8, 4) is 0 Å². The molecule has 4 N–H and O–H groups in total. The Hall–Kier alpha value is -0.890. The van der Waals surface area contributed by atoms with Gasteiger partial charge in [-0.25, -0.2) is 13.1 Å². The van der Waals surface area contributed by atoms with Crippen molar-refractivity contribution in [3.63, 3.8) is 0 Å². The van der Waals surface area contributed by atoms with E-state index >= 15 is 0 Å². The van der Waals surface area contributed by atoms with Crippen molar-refractivity contribution in [1.29, 1.82) is 0 Å². The highest BCUT2D eigenvalue weighted by atomic mass is 32.2. The van der Waals surface area contributed by atoms with Crippen LogP contribution >= 0.6 is 0 Å². The number of rotatable bonds is 4. The van der Waals surface area contributed by atoms with Crippen molar-refractivity contribution in [2.45, 2.75) is 23.9 Å². The second-order valence-electron chi connectivity index (χ2n) is 4.43. The van der Waals surface area contributed by atoms with Crippen molar-refractivity contribution in [2.24, 2.45) is 5.73 Å². The zero-order valence-electron chi connectivity index (χ0n) is 9.81. The number of aromatic nitrogens is 1. The first-order valence-electron chi connectivity index (χ1n) is 5.59. The van der Waals surface area contributed by atoms with Crippen LogP contribution in [0.15, 0.2) is 17.2 Å². The fourth-order valence-electron chi connectivity index (χ4n) is 2.01. The lowest BCUT2D eigenvalue weighted by atomic mass is 10.3. The summed E-state index contributed by atoms with van der Waals surface area (Å²) in [6, 6.07) is 1.57. The van der Waals surface area contributed by atoms with E-state index in [-0.39, 0.29) is 10.9 Å². The van der Waals surface area contributed by atoms with Crippen LogP contribution in [0.1, 0.15) is 12.1 Å². The normalized spacial score (nSPS) is 22.1. The number of nitrogens with zero attached hydrogens (tertiary/aromatic N) is 1. The lowest BCUT2D eigenvalue weighted by Gasteiger charge is -2.12. The fourth-order valence-corrected chi connectivity index (χ4v) is 3.29. The first-order valence-corrected chi connectivity index (χ1v) is 7.08. The SMILES string of the molecule is CN1CCC(NS(=O)(=O)c2c[nH]c(CN)c2)C1. The Morgan fingerprint density at radius 3 is 2.94 bits per heavy atom. The van der Waals surface area contributed by atoms with Gasteiger partial charge in [0, 0.05) is 31.0 Å². The number of sulfonamides is 1. The van der Waals surface area contributed by atoms with Gasteiger partial charge in [-0.3, -0.25) is 0 Å². The highest BCUT2D eigenvalue weighted by Gasteiger charge is 2.25. The molecule has 2 heterocycles. The number of nitrogens with one attached hydrogen (secondary N) is 2. The molecule has 2 rings (SSSR count). The molecule has 0 spiro atoms. The smallest absolute Gasteiger partial charge is 0.242 e. The number of likely N-dealkylation sites (tertiary alicyclic amines) is 1. The molecule has 0 radical (unpaired) electrons. The molecule has 1 atom stereocenters. The Balaban J connectivity index is 2.08. The third-order valence-electron chi connectivity index (χ3n) is 2.96. The molecular formula is C10H18N4O2S. The molecule has 0 saturated carbocycles. The van der Waals surface area contributed by atoms with E-state index in [2.05, 4.69) is 14.6 Å². The minimum atomic E-state index is -3.42. The van der Waals surface area contributed by atoms with Crippen molar-refractivity contribution in [1.82, 2.24) is 14.6 Å². The third kappa shape index (κ3) is 2.86. The van der Waals surface area contributed by atoms with Gasteiger partial charge in [0.15, 0.2) is 0 Å². The second kappa shape index (κ2) is 4.77. The quantitative estimate of drug-likeness (QED) is 0.676. The summed E-state index contributed by atoms with van der Waals surface area (Å²) in [5.74, 6) is 0. The van der Waals surface area contributed by atoms with Crippen LogP contribution in [-0.2, 0) is 16.6 Å². The van der Waals surface area contributed by atoms with Gasteiger partial charge in [-0.2, -0.15) is 0 Å². The zero-order valence-corrected chi connectivity index (χ0v) is 10.6. The molecule has 1 aliphatic rings. The molecule has 96 valence electrons. The van der Waals surface area contributed by atoms with E-state index in [0.29, 0.717) is 12.2 Å². The predicted octanol–water partition coefficient (Wildman–Crippen LogP) is -0.544. The molecule has 1 fully saturated rings. The Labute approximate surface area is 101 Å². The molecule has 1 unspecified atom stereocenters. The van der Waals surface area contributed by atoms with Gasteiger partial charge >= 0.3 is 0 Å². The zero-order chi connectivity index (χ0) is 12.5. The van der Waals surface area contributed by atoms with E-state index in [1.807, 2.05) is 7.05 Å². The number of H-pyrrole nitrogens is 1. The van der Waals surface area contributed by atoms with E-state index in [4.69, 9.17) is 5.73 Å². The molecule has 0 aliphatic carbocycles. The van der Waals surface area contributed by atoms with Crippen LogP contribution in [0.2, 0.25) is 0 Å². The number of hydrogen-bond donors (Lipinski definition) is 3. The van der Waals surface area contributed by atoms with Gasteiger partial charge < -0.3 is 15.6 Å². The van der Waals surface area contributed by atoms with Crippen LogP contribution in [0.25, 0.3) is 0 Å². The molecule has 6 nitrogen and oxygen atoms in total. The standard InChI is InChI=1S/C10H18N4O2S/c1-14-3-2-8(7-14)13-17(15,16)10-4-9(5-11)12-6-10/h4,6,8,12-13H,2-3,5,7,11H2,1H3. The monoisotopic (exact) mass is 258 g/mol. The van der Waals surface area contributed by atoms with Crippen LogP contribution in [0.3, 0.4) is 0 Å². The predicted molar refractivity (Wildman–Crippen MR) is 64.9 cm³/mol. The molecule has 1 aromatic heterocycles. The largest absolute Gasteiger partial charge is 0.363 e. The van der Waals surface area contributed by atoms with Crippen LogP contribution in [0.5, 0.6) is 0 Å². The summed E-state index contributed by atoms with van der Waals surface area (Å²) in [6.45, 7) is 1.99. The van der Waals surface area contributed by atoms with E-state index in [1.165, 1.54) is 6.20 Å². The molecule has 0 aromatic carbocycles. The third-order valence-corrected chi connectivity index (χ3v) is 4.46. The van der Waals surface area contributed by atoms with Gasteiger partial charge in [-0.05, 0) is 26.1 Å². The molecule has 0 amide bonds. The van der Waals surface area contributed by atoms with Gasteiger partial charge in [-0.1, -0.05) is 0 Å². The van der Waals surface area contributed by atoms with Gasteiger partial charge in [0.05, 0.1) is 4.90 Å². The first-order chi connectivity index (χ1) is 8.01. The minimum absolute atomic E-state index is 0.00114. The maximum Gasteiger partial charge on any atom is 0.242 e. The van der Waals surface area contributed by atoms with E-state index in [9.17, 15) is 8.42 Å². The average molecular weight is 258 g/mol. The summed E-state index contributed by atoms with van der Waals surface area (Å²) in [5.41, 5.74) is 6.15. The van der Waals surface area contributed by atoms with Crippen LogP contribution in [0, 0.1) is 0 Å². The molecule has 1 aromatic rings. The van der Waals surface area contributed by atoms with E-state index in [0.717, 1.165) is 19.5 Å². The van der Waals surface area contributed by atoms with Gasteiger partial charge in [-0.15, -0.1) is 0 Å². The Morgan fingerprint density at radius 2 is 2.41 bits per heavy atom. The van der Waals surface area contributed by atoms with Crippen LogP contribution < -0.4 is 10.5 Å². The van der Waals surface area contributed by atoms with E-state index in [1.54, 1.807) is 6.07 Å². The molecule has 17 heavy (non-hydrogen) atoms. The van der Waals surface area contributed by atoms with Crippen LogP contribution in [0.4, 0.5) is 0 Å². The van der Waals surface area contributed by atoms with Gasteiger partial charge in [0.1, 0.15) is 0 Å². The lowest BCUT2D eigenvalue weighted by Crippen LogP contribution is -2.36. The highest BCUT2D eigenvalue weighted by molar-refractivity contribution is 7.89. The Bertz CT molecular complexity index is 482. The summed E-state index contributed by atoms with van der Waals surface area (Å²) < 4.78 is 26.8. The number of hydrogen-bond acceptors (Lipinski definition) is 4. The minimum Gasteiger partial charge on any atom is -0.363 e. The maximum atomic E-state index is 12.0. The molecule has 1 aliphatic heterocycles.